The molecule has 1 saturated heterocycles. The molecule has 0 spiro atoms. The first-order valence-corrected chi connectivity index (χ1v) is 6.31. The van der Waals surface area contributed by atoms with Gasteiger partial charge >= 0.3 is 5.69 Å². The van der Waals surface area contributed by atoms with Crippen molar-refractivity contribution >= 4 is 28.9 Å². The summed E-state index contributed by atoms with van der Waals surface area (Å²) in [5, 5.41) is 2.27. The molecule has 2 amide bonds. The van der Waals surface area contributed by atoms with E-state index in [4.69, 9.17) is 0 Å². The maximum atomic E-state index is 12.1. The number of aromatic amines is 1. The number of hydrogen-bond donors (Lipinski definition) is 2. The van der Waals surface area contributed by atoms with Gasteiger partial charge in [0.25, 0.3) is 0 Å². The largest absolute Gasteiger partial charge is 0.327 e. The highest BCUT2D eigenvalue weighted by Gasteiger charge is 2.30. The first-order chi connectivity index (χ1) is 9.61. The number of nitrogens with zero attached hydrogens (tertiary/aromatic N) is 1. The molecule has 2 aromatic rings. The van der Waals surface area contributed by atoms with Crippen molar-refractivity contribution in [3.05, 3.63) is 40.8 Å². The number of imide groups is 1. The number of amides is 2. The van der Waals surface area contributed by atoms with Gasteiger partial charge < -0.3 is 4.98 Å². The predicted molar refractivity (Wildman–Crippen MR) is 74.1 cm³/mol. The Kier molecular flexibility index (Phi) is 2.78. The molecule has 3 rings (SSSR count). The molecule has 1 atom stereocenters. The van der Waals surface area contributed by atoms with Crippen molar-refractivity contribution in [2.24, 2.45) is 0 Å². The Balaban J connectivity index is 2.19. The summed E-state index contributed by atoms with van der Waals surface area (Å²) in [6, 6.07) is 4.74. The Bertz CT molecular complexity index is 785. The number of imidazole rings is 1. The van der Waals surface area contributed by atoms with Crippen molar-refractivity contribution in [2.45, 2.75) is 18.9 Å². The molecule has 2 N–H and O–H groups in total. The van der Waals surface area contributed by atoms with E-state index in [1.165, 1.54) is 4.57 Å². The van der Waals surface area contributed by atoms with Gasteiger partial charge in [-0.3, -0.25) is 19.5 Å². The topological polar surface area (TPSA) is 84.0 Å². The Morgan fingerprint density at radius 1 is 1.30 bits per heavy atom. The summed E-state index contributed by atoms with van der Waals surface area (Å²) in [6.07, 6.45) is 2.21. The molecule has 6 heteroatoms. The molecule has 0 aliphatic carbocycles. The molecule has 1 unspecified atom stereocenters. The van der Waals surface area contributed by atoms with Crippen LogP contribution in [0.5, 0.6) is 0 Å². The molecule has 0 saturated carbocycles. The summed E-state index contributed by atoms with van der Waals surface area (Å²) in [6.45, 7) is 3.70. The van der Waals surface area contributed by atoms with Gasteiger partial charge in [-0.05, 0) is 18.1 Å². The van der Waals surface area contributed by atoms with Gasteiger partial charge in [-0.1, -0.05) is 24.8 Å². The quantitative estimate of drug-likeness (QED) is 0.798. The van der Waals surface area contributed by atoms with Crippen LogP contribution in [0.25, 0.3) is 17.1 Å². The molecule has 1 aliphatic rings. The summed E-state index contributed by atoms with van der Waals surface area (Å²) in [5.74, 6) is -0.737. The number of para-hydroxylation sites is 1. The number of piperidine rings is 1. The number of fused-ring (bicyclic) bond motifs is 1. The van der Waals surface area contributed by atoms with Gasteiger partial charge in [-0.25, -0.2) is 4.79 Å². The van der Waals surface area contributed by atoms with Crippen LogP contribution in [-0.4, -0.2) is 21.4 Å². The van der Waals surface area contributed by atoms with Gasteiger partial charge in [0, 0.05) is 6.42 Å². The third-order valence-corrected chi connectivity index (χ3v) is 3.53. The Morgan fingerprint density at radius 3 is 2.80 bits per heavy atom. The Hall–Kier alpha value is -2.63. The average molecular weight is 271 g/mol. The van der Waals surface area contributed by atoms with E-state index in [9.17, 15) is 14.4 Å². The molecule has 6 nitrogen and oxygen atoms in total. The van der Waals surface area contributed by atoms with Crippen molar-refractivity contribution in [2.75, 3.05) is 0 Å². The standard InChI is InChI=1S/C14H13N3O3/c1-2-8-4-3-5-9-12(8)16-14(20)17(9)10-6-7-11(18)15-13(10)19/h2-5,10H,1,6-7H2,(H,16,20)(H,15,18,19). The zero-order chi connectivity index (χ0) is 14.3. The van der Waals surface area contributed by atoms with Crippen LogP contribution in [0.1, 0.15) is 24.4 Å². The predicted octanol–water partition coefficient (Wildman–Crippen LogP) is 0.950. The fraction of sp³-hybridized carbons (Fsp3) is 0.214. The Labute approximate surface area is 114 Å². The molecule has 20 heavy (non-hydrogen) atoms. The molecule has 0 bridgehead atoms. The number of rotatable bonds is 2. The smallest absolute Gasteiger partial charge is 0.305 e. The van der Waals surface area contributed by atoms with E-state index in [0.717, 1.165) is 5.56 Å². The lowest BCUT2D eigenvalue weighted by Crippen LogP contribution is -2.43. The molecular weight excluding hydrogens is 258 g/mol. The molecule has 1 fully saturated rings. The lowest BCUT2D eigenvalue weighted by molar-refractivity contribution is -0.135. The third kappa shape index (κ3) is 1.77. The lowest BCUT2D eigenvalue weighted by atomic mass is 10.1. The highest BCUT2D eigenvalue weighted by atomic mass is 16.2. The van der Waals surface area contributed by atoms with Crippen LogP contribution in [0, 0.1) is 0 Å². The molecular formula is C14H13N3O3. The molecule has 1 aromatic heterocycles. The van der Waals surface area contributed by atoms with Gasteiger partial charge in [-0.2, -0.15) is 0 Å². The maximum Gasteiger partial charge on any atom is 0.327 e. The number of hydrogen-bond acceptors (Lipinski definition) is 3. The van der Waals surface area contributed by atoms with Gasteiger partial charge in [0.2, 0.25) is 11.8 Å². The highest BCUT2D eigenvalue weighted by Crippen LogP contribution is 2.23. The van der Waals surface area contributed by atoms with E-state index in [1.807, 2.05) is 6.07 Å². The second-order valence-corrected chi connectivity index (χ2v) is 4.71. The zero-order valence-electron chi connectivity index (χ0n) is 10.7. The van der Waals surface area contributed by atoms with E-state index in [2.05, 4.69) is 16.9 Å². The van der Waals surface area contributed by atoms with E-state index < -0.39 is 11.9 Å². The van der Waals surface area contributed by atoms with Crippen molar-refractivity contribution < 1.29 is 9.59 Å². The molecule has 2 heterocycles. The van der Waals surface area contributed by atoms with Crippen molar-refractivity contribution in [3.8, 4) is 0 Å². The van der Waals surface area contributed by atoms with Gasteiger partial charge in [0.05, 0.1) is 11.0 Å². The number of carbonyl (C=O) groups is 2. The number of nitrogens with one attached hydrogen (secondary N) is 2. The highest BCUT2D eigenvalue weighted by molar-refractivity contribution is 6.00. The Morgan fingerprint density at radius 2 is 2.10 bits per heavy atom. The lowest BCUT2D eigenvalue weighted by Gasteiger charge is -2.21. The van der Waals surface area contributed by atoms with E-state index >= 15 is 0 Å². The number of H-pyrrole nitrogens is 1. The summed E-state index contributed by atoms with van der Waals surface area (Å²) in [7, 11) is 0. The van der Waals surface area contributed by atoms with Crippen LogP contribution in [-0.2, 0) is 9.59 Å². The van der Waals surface area contributed by atoms with Crippen LogP contribution >= 0.6 is 0 Å². The average Bonchev–Trinajstić information content (AvgIpc) is 2.75. The van der Waals surface area contributed by atoms with E-state index in [-0.39, 0.29) is 18.0 Å². The first kappa shape index (κ1) is 12.4. The fourth-order valence-corrected chi connectivity index (χ4v) is 2.58. The summed E-state index contributed by atoms with van der Waals surface area (Å²) in [5.41, 5.74) is 1.73. The monoisotopic (exact) mass is 271 g/mol. The van der Waals surface area contributed by atoms with E-state index in [0.29, 0.717) is 17.5 Å². The minimum absolute atomic E-state index is 0.233. The zero-order valence-corrected chi connectivity index (χ0v) is 10.7. The number of aromatic nitrogens is 2. The van der Waals surface area contributed by atoms with Crippen LogP contribution in [0.3, 0.4) is 0 Å². The van der Waals surface area contributed by atoms with Crippen LogP contribution in [0.15, 0.2) is 29.6 Å². The summed E-state index contributed by atoms with van der Waals surface area (Å²) in [4.78, 5) is 38.0. The van der Waals surface area contributed by atoms with Crippen molar-refractivity contribution in [1.29, 1.82) is 0 Å². The van der Waals surface area contributed by atoms with Gasteiger partial charge in [-0.15, -0.1) is 0 Å². The number of benzene rings is 1. The third-order valence-electron chi connectivity index (χ3n) is 3.53. The normalized spacial score (nSPS) is 19.1. The second-order valence-electron chi connectivity index (χ2n) is 4.71. The molecule has 1 aromatic carbocycles. The maximum absolute atomic E-state index is 12.1. The van der Waals surface area contributed by atoms with Crippen molar-refractivity contribution in [3.63, 3.8) is 0 Å². The number of carbonyl (C=O) groups excluding carboxylic acids is 2. The van der Waals surface area contributed by atoms with Crippen molar-refractivity contribution in [1.82, 2.24) is 14.9 Å². The minimum atomic E-state index is -0.658. The molecule has 102 valence electrons. The first-order valence-electron chi connectivity index (χ1n) is 6.31. The summed E-state index contributed by atoms with van der Waals surface area (Å²) < 4.78 is 1.41. The minimum Gasteiger partial charge on any atom is -0.305 e. The fourth-order valence-electron chi connectivity index (χ4n) is 2.58. The van der Waals surface area contributed by atoms with Crippen LogP contribution < -0.4 is 11.0 Å². The van der Waals surface area contributed by atoms with Crippen LogP contribution in [0.4, 0.5) is 0 Å². The van der Waals surface area contributed by atoms with Crippen LogP contribution in [0.2, 0.25) is 0 Å². The summed E-state index contributed by atoms with van der Waals surface area (Å²) >= 11 is 0. The van der Waals surface area contributed by atoms with Gasteiger partial charge in [0.1, 0.15) is 6.04 Å². The SMILES string of the molecule is C=Cc1cccc2c1[nH]c(=O)n2C1CCC(=O)NC1=O. The van der Waals surface area contributed by atoms with Gasteiger partial charge in [0.15, 0.2) is 0 Å². The molecule has 0 radical (unpaired) electrons. The second kappa shape index (κ2) is 4.48. The molecule has 1 aliphatic heterocycles. The van der Waals surface area contributed by atoms with E-state index in [1.54, 1.807) is 18.2 Å².